The fraction of sp³-hybridized carbons (Fsp3) is 0.737. The van der Waals surface area contributed by atoms with Crippen LogP contribution in [0, 0.1) is 0 Å². The molecule has 0 saturated carbocycles. The van der Waals surface area contributed by atoms with E-state index in [0.29, 0.717) is 19.3 Å². The van der Waals surface area contributed by atoms with Gasteiger partial charge in [0.2, 0.25) is 0 Å². The number of ether oxygens (including phenoxy) is 1. The van der Waals surface area contributed by atoms with E-state index >= 15 is 0 Å². The summed E-state index contributed by atoms with van der Waals surface area (Å²) < 4.78 is 5.79. The lowest BCUT2D eigenvalue weighted by molar-refractivity contribution is -0.150. The molecule has 1 atom stereocenters. The number of carboxylic acid groups (broad SMARTS) is 1. The predicted molar refractivity (Wildman–Crippen MR) is 181 cm³/mol. The van der Waals surface area contributed by atoms with Gasteiger partial charge in [-0.3, -0.25) is 9.59 Å². The number of aliphatic carboxylic acids is 1. The van der Waals surface area contributed by atoms with Crippen molar-refractivity contribution in [2.45, 2.75) is 180 Å². The number of allylic oxidation sites excluding steroid dienone is 8. The molecule has 0 aliphatic rings. The van der Waals surface area contributed by atoms with Crippen molar-refractivity contribution in [1.82, 2.24) is 0 Å². The van der Waals surface area contributed by atoms with Crippen LogP contribution in [0.2, 0.25) is 0 Å². The molecule has 0 heterocycles. The summed E-state index contributed by atoms with van der Waals surface area (Å²) in [6.45, 7) is 4.42. The van der Waals surface area contributed by atoms with Gasteiger partial charge in [-0.15, -0.1) is 0 Å². The van der Waals surface area contributed by atoms with E-state index in [1.165, 1.54) is 77.0 Å². The topological polar surface area (TPSA) is 63.6 Å². The van der Waals surface area contributed by atoms with E-state index in [9.17, 15) is 9.59 Å². The molecule has 1 unspecified atom stereocenters. The molecule has 0 fully saturated rings. The normalized spacial score (nSPS) is 12.8. The van der Waals surface area contributed by atoms with Crippen molar-refractivity contribution in [2.75, 3.05) is 0 Å². The molecule has 0 aromatic rings. The fourth-order valence-electron chi connectivity index (χ4n) is 5.01. The smallest absolute Gasteiger partial charge is 0.306 e. The second-order valence-corrected chi connectivity index (χ2v) is 11.7. The second-order valence-electron chi connectivity index (χ2n) is 11.7. The first kappa shape index (κ1) is 39.9. The molecular weight excluding hydrogens is 520 g/mol. The Morgan fingerprint density at radius 3 is 1.55 bits per heavy atom. The van der Waals surface area contributed by atoms with Gasteiger partial charge in [0.15, 0.2) is 0 Å². The van der Waals surface area contributed by atoms with Crippen LogP contribution in [0.25, 0.3) is 0 Å². The molecule has 0 aliphatic carbocycles. The molecule has 0 radical (unpaired) electrons. The SMILES string of the molecule is CC/C=C\C/C=C\C/C=C\C/C=C\CCCCC(=O)OC(CCCCCCCCCCCCCCC)CCCC(=O)O. The minimum atomic E-state index is -0.781. The van der Waals surface area contributed by atoms with Crippen LogP contribution in [-0.4, -0.2) is 23.1 Å². The summed E-state index contributed by atoms with van der Waals surface area (Å²) in [5.74, 6) is -0.910. The van der Waals surface area contributed by atoms with Gasteiger partial charge in [-0.2, -0.15) is 0 Å². The van der Waals surface area contributed by atoms with Crippen molar-refractivity contribution in [3.05, 3.63) is 48.6 Å². The largest absolute Gasteiger partial charge is 0.481 e. The van der Waals surface area contributed by atoms with Crippen molar-refractivity contribution in [3.63, 3.8) is 0 Å². The maximum Gasteiger partial charge on any atom is 0.306 e. The number of rotatable bonds is 31. The Kier molecular flexibility index (Phi) is 31.7. The van der Waals surface area contributed by atoms with E-state index in [0.717, 1.165) is 57.8 Å². The van der Waals surface area contributed by atoms with Gasteiger partial charge in [-0.05, 0) is 70.6 Å². The fourth-order valence-corrected chi connectivity index (χ4v) is 5.01. The van der Waals surface area contributed by atoms with Crippen molar-refractivity contribution >= 4 is 11.9 Å². The summed E-state index contributed by atoms with van der Waals surface area (Å²) in [7, 11) is 0. The van der Waals surface area contributed by atoms with Crippen LogP contribution in [0.5, 0.6) is 0 Å². The van der Waals surface area contributed by atoms with Crippen molar-refractivity contribution in [3.8, 4) is 0 Å². The van der Waals surface area contributed by atoms with E-state index in [1.807, 2.05) is 0 Å². The Hall–Kier alpha value is -2.10. The lowest BCUT2D eigenvalue weighted by atomic mass is 10.0. The Morgan fingerprint density at radius 2 is 1.02 bits per heavy atom. The Bertz CT molecular complexity index is 719. The molecule has 0 amide bonds. The number of carbonyl (C=O) groups excluding carboxylic acids is 1. The summed E-state index contributed by atoms with van der Waals surface area (Å²) in [5.41, 5.74) is 0. The number of hydrogen-bond donors (Lipinski definition) is 1. The first-order chi connectivity index (χ1) is 20.6. The van der Waals surface area contributed by atoms with Crippen molar-refractivity contribution in [2.24, 2.45) is 0 Å². The molecule has 42 heavy (non-hydrogen) atoms. The van der Waals surface area contributed by atoms with Gasteiger partial charge in [-0.25, -0.2) is 0 Å². The average molecular weight is 587 g/mol. The summed E-state index contributed by atoms with van der Waals surface area (Å²) in [6.07, 6.45) is 44.0. The number of carboxylic acids is 1. The highest BCUT2D eigenvalue weighted by molar-refractivity contribution is 5.69. The summed E-state index contributed by atoms with van der Waals surface area (Å²) in [5, 5.41) is 8.99. The molecule has 0 saturated heterocycles. The maximum atomic E-state index is 12.4. The maximum absolute atomic E-state index is 12.4. The van der Waals surface area contributed by atoms with Crippen LogP contribution >= 0.6 is 0 Å². The average Bonchev–Trinajstić information content (AvgIpc) is 2.97. The highest BCUT2D eigenvalue weighted by Gasteiger charge is 2.15. The Morgan fingerprint density at radius 1 is 0.548 bits per heavy atom. The molecule has 0 aromatic heterocycles. The van der Waals surface area contributed by atoms with Crippen LogP contribution in [0.1, 0.15) is 174 Å². The van der Waals surface area contributed by atoms with Crippen LogP contribution in [0.15, 0.2) is 48.6 Å². The van der Waals surface area contributed by atoms with Gasteiger partial charge in [-0.1, -0.05) is 140 Å². The Balaban J connectivity index is 3.95. The monoisotopic (exact) mass is 586 g/mol. The summed E-state index contributed by atoms with van der Waals surface area (Å²) in [6, 6.07) is 0. The summed E-state index contributed by atoms with van der Waals surface area (Å²) >= 11 is 0. The van der Waals surface area contributed by atoms with Crippen LogP contribution in [0.4, 0.5) is 0 Å². The quantitative estimate of drug-likeness (QED) is 0.0498. The van der Waals surface area contributed by atoms with Gasteiger partial charge < -0.3 is 9.84 Å². The Labute approximate surface area is 260 Å². The van der Waals surface area contributed by atoms with Gasteiger partial charge in [0.05, 0.1) is 0 Å². The number of hydrogen-bond acceptors (Lipinski definition) is 3. The molecule has 0 spiro atoms. The number of esters is 1. The number of carbonyl (C=O) groups is 2. The zero-order valence-electron chi connectivity index (χ0n) is 27.5. The van der Waals surface area contributed by atoms with Crippen LogP contribution < -0.4 is 0 Å². The molecule has 1 N–H and O–H groups in total. The van der Waals surface area contributed by atoms with Crippen molar-refractivity contribution < 1.29 is 19.4 Å². The molecule has 242 valence electrons. The van der Waals surface area contributed by atoms with E-state index < -0.39 is 5.97 Å². The van der Waals surface area contributed by atoms with E-state index in [4.69, 9.17) is 9.84 Å². The minimum Gasteiger partial charge on any atom is -0.481 e. The predicted octanol–water partition coefficient (Wildman–Crippen LogP) is 12.0. The summed E-state index contributed by atoms with van der Waals surface area (Å²) in [4.78, 5) is 23.4. The van der Waals surface area contributed by atoms with Gasteiger partial charge in [0, 0.05) is 12.8 Å². The van der Waals surface area contributed by atoms with Crippen LogP contribution in [-0.2, 0) is 14.3 Å². The first-order valence-corrected chi connectivity index (χ1v) is 17.6. The lowest BCUT2D eigenvalue weighted by Gasteiger charge is -2.18. The zero-order chi connectivity index (χ0) is 30.8. The molecule has 4 nitrogen and oxygen atoms in total. The lowest BCUT2D eigenvalue weighted by Crippen LogP contribution is -2.18. The third kappa shape index (κ3) is 32.4. The van der Waals surface area contributed by atoms with Gasteiger partial charge in [0.1, 0.15) is 6.10 Å². The van der Waals surface area contributed by atoms with Gasteiger partial charge in [0.25, 0.3) is 0 Å². The molecular formula is C38H66O4. The molecule has 0 aliphatic heterocycles. The van der Waals surface area contributed by atoms with E-state index in [1.54, 1.807) is 0 Å². The van der Waals surface area contributed by atoms with E-state index in [-0.39, 0.29) is 18.5 Å². The second kappa shape index (κ2) is 33.4. The van der Waals surface area contributed by atoms with Crippen molar-refractivity contribution in [1.29, 1.82) is 0 Å². The highest BCUT2D eigenvalue weighted by atomic mass is 16.5. The van der Waals surface area contributed by atoms with E-state index in [2.05, 4.69) is 62.5 Å². The minimum absolute atomic E-state index is 0.129. The highest BCUT2D eigenvalue weighted by Crippen LogP contribution is 2.17. The molecule has 4 heteroatoms. The molecule has 0 rings (SSSR count). The zero-order valence-corrected chi connectivity index (χ0v) is 27.5. The van der Waals surface area contributed by atoms with Crippen LogP contribution in [0.3, 0.4) is 0 Å². The first-order valence-electron chi connectivity index (χ1n) is 17.6. The third-order valence-corrected chi connectivity index (χ3v) is 7.57. The molecule has 0 aromatic carbocycles. The van der Waals surface area contributed by atoms with Gasteiger partial charge >= 0.3 is 11.9 Å². The molecule has 0 bridgehead atoms. The standard InChI is InChI=1S/C38H66O4/c1-3-5-7-9-11-13-15-17-18-20-22-24-26-28-30-35-38(41)42-36(33-31-34-37(39)40)32-29-27-25-23-21-19-16-14-12-10-8-6-4-2/h5,7,11,13,17-18,22,24,36H,3-4,6,8-10,12,14-16,19-21,23,25-35H2,1-2H3,(H,39,40)/b7-5-,13-11-,18-17-,24-22-. The third-order valence-electron chi connectivity index (χ3n) is 7.57. The number of unbranched alkanes of at least 4 members (excludes halogenated alkanes) is 14.